The van der Waals surface area contributed by atoms with E-state index in [4.69, 9.17) is 11.6 Å². The molecular weight excluding hydrogens is 348 g/mol. The number of nitrogens with zero attached hydrogens (tertiary/aromatic N) is 1. The van der Waals surface area contributed by atoms with Crippen LogP contribution >= 0.6 is 11.6 Å². The molecule has 2 unspecified atom stereocenters. The van der Waals surface area contributed by atoms with Gasteiger partial charge in [0.15, 0.2) is 0 Å². The predicted octanol–water partition coefficient (Wildman–Crippen LogP) is 2.80. The van der Waals surface area contributed by atoms with E-state index in [1.807, 2.05) is 13.8 Å². The van der Waals surface area contributed by atoms with Gasteiger partial charge in [-0.05, 0) is 43.9 Å². The van der Waals surface area contributed by atoms with Crippen LogP contribution in [0.2, 0.25) is 5.02 Å². The van der Waals surface area contributed by atoms with Gasteiger partial charge in [0.1, 0.15) is 0 Å². The van der Waals surface area contributed by atoms with Crippen LogP contribution in [0, 0.1) is 5.92 Å². The molecule has 2 atom stereocenters. The molecule has 1 fully saturated rings. The molecule has 1 aromatic rings. The number of amides is 1. The smallest absolute Gasteiger partial charge is 0.224 e. The quantitative estimate of drug-likeness (QED) is 0.834. The number of piperidine rings is 1. The van der Waals surface area contributed by atoms with Gasteiger partial charge in [0, 0.05) is 24.2 Å². The van der Waals surface area contributed by atoms with Crippen molar-refractivity contribution in [3.05, 3.63) is 34.9 Å². The zero-order valence-corrected chi connectivity index (χ0v) is 15.7. The Hall–Kier alpha value is -1.11. The topological polar surface area (TPSA) is 66.5 Å². The van der Waals surface area contributed by atoms with E-state index in [1.54, 1.807) is 24.3 Å². The van der Waals surface area contributed by atoms with Crippen molar-refractivity contribution in [2.75, 3.05) is 13.1 Å². The Morgan fingerprint density at radius 1 is 1.46 bits per heavy atom. The molecule has 2 rings (SSSR count). The summed E-state index contributed by atoms with van der Waals surface area (Å²) in [7, 11) is -3.46. The lowest BCUT2D eigenvalue weighted by molar-refractivity contribution is -0.126. The van der Waals surface area contributed by atoms with Crippen LogP contribution in [0.4, 0.5) is 0 Å². The molecule has 0 radical (unpaired) electrons. The summed E-state index contributed by atoms with van der Waals surface area (Å²) in [5.41, 5.74) is 0.661. The number of benzene rings is 1. The summed E-state index contributed by atoms with van der Waals surface area (Å²) in [6, 6.07) is 6.98. The second-order valence-electron chi connectivity index (χ2n) is 6.40. The summed E-state index contributed by atoms with van der Waals surface area (Å²) < 4.78 is 26.8. The van der Waals surface area contributed by atoms with Gasteiger partial charge >= 0.3 is 0 Å². The van der Waals surface area contributed by atoms with Gasteiger partial charge in [-0.3, -0.25) is 4.79 Å². The van der Waals surface area contributed by atoms with Crippen molar-refractivity contribution < 1.29 is 13.2 Å². The molecule has 1 aliphatic heterocycles. The van der Waals surface area contributed by atoms with Crippen LogP contribution in [-0.2, 0) is 20.6 Å². The van der Waals surface area contributed by atoms with E-state index in [2.05, 4.69) is 5.32 Å². The number of carbonyl (C=O) groups excluding carboxylic acids is 1. The molecule has 1 amide bonds. The SMILES string of the molecule is CCC(C)NC(=O)C1CCCN(S(=O)(=O)Cc2cccc(Cl)c2)C1. The predicted molar refractivity (Wildman–Crippen MR) is 96.3 cm³/mol. The van der Waals surface area contributed by atoms with E-state index < -0.39 is 10.0 Å². The molecule has 7 heteroatoms. The third-order valence-corrected chi connectivity index (χ3v) is 6.44. The minimum atomic E-state index is -3.46. The van der Waals surface area contributed by atoms with Crippen LogP contribution in [-0.4, -0.2) is 37.8 Å². The Labute approximate surface area is 149 Å². The highest BCUT2D eigenvalue weighted by molar-refractivity contribution is 7.88. The van der Waals surface area contributed by atoms with Gasteiger partial charge in [-0.1, -0.05) is 30.7 Å². The maximum atomic E-state index is 12.7. The summed E-state index contributed by atoms with van der Waals surface area (Å²) in [4.78, 5) is 12.3. The Morgan fingerprint density at radius 3 is 2.88 bits per heavy atom. The highest BCUT2D eigenvalue weighted by atomic mass is 35.5. The van der Waals surface area contributed by atoms with Crippen molar-refractivity contribution >= 4 is 27.5 Å². The lowest BCUT2D eigenvalue weighted by Crippen LogP contribution is -2.47. The van der Waals surface area contributed by atoms with Crippen LogP contribution in [0.15, 0.2) is 24.3 Å². The third-order valence-electron chi connectivity index (χ3n) is 4.39. The molecular formula is C17H25ClN2O3S. The Bertz CT molecular complexity index is 678. The lowest BCUT2D eigenvalue weighted by atomic mass is 9.98. The van der Waals surface area contributed by atoms with Crippen LogP contribution < -0.4 is 5.32 Å². The van der Waals surface area contributed by atoms with Gasteiger partial charge in [-0.25, -0.2) is 12.7 Å². The summed E-state index contributed by atoms with van der Waals surface area (Å²) in [5, 5.41) is 3.47. The number of nitrogens with one attached hydrogen (secondary N) is 1. The monoisotopic (exact) mass is 372 g/mol. The van der Waals surface area contributed by atoms with Gasteiger partial charge in [-0.2, -0.15) is 0 Å². The fraction of sp³-hybridized carbons (Fsp3) is 0.588. The molecule has 1 saturated heterocycles. The Morgan fingerprint density at radius 2 is 2.21 bits per heavy atom. The molecule has 0 spiro atoms. The Kier molecular flexibility index (Phi) is 6.66. The fourth-order valence-electron chi connectivity index (χ4n) is 2.80. The first-order chi connectivity index (χ1) is 11.3. The van der Waals surface area contributed by atoms with E-state index in [9.17, 15) is 13.2 Å². The average Bonchev–Trinajstić information content (AvgIpc) is 2.54. The summed E-state index contributed by atoms with van der Waals surface area (Å²) in [6.45, 7) is 4.68. The second kappa shape index (κ2) is 8.32. The zero-order valence-electron chi connectivity index (χ0n) is 14.2. The van der Waals surface area contributed by atoms with Crippen LogP contribution in [0.1, 0.15) is 38.7 Å². The molecule has 1 aliphatic rings. The van der Waals surface area contributed by atoms with Crippen molar-refractivity contribution in [1.29, 1.82) is 0 Å². The first-order valence-corrected chi connectivity index (χ1v) is 10.3. The van der Waals surface area contributed by atoms with E-state index in [0.717, 1.165) is 12.8 Å². The molecule has 0 aliphatic carbocycles. The summed E-state index contributed by atoms with van der Waals surface area (Å²) in [5.74, 6) is -0.415. The van der Waals surface area contributed by atoms with E-state index in [1.165, 1.54) is 4.31 Å². The third kappa shape index (κ3) is 5.19. The van der Waals surface area contributed by atoms with Gasteiger partial charge in [0.05, 0.1) is 11.7 Å². The van der Waals surface area contributed by atoms with E-state index in [-0.39, 0.29) is 30.2 Å². The van der Waals surface area contributed by atoms with E-state index in [0.29, 0.717) is 23.6 Å². The van der Waals surface area contributed by atoms with Crippen LogP contribution in [0.3, 0.4) is 0 Å². The maximum Gasteiger partial charge on any atom is 0.224 e. The second-order valence-corrected chi connectivity index (χ2v) is 8.81. The number of rotatable bonds is 6. The van der Waals surface area contributed by atoms with E-state index >= 15 is 0 Å². The van der Waals surface area contributed by atoms with Crippen molar-refractivity contribution in [3.8, 4) is 0 Å². The van der Waals surface area contributed by atoms with Crippen molar-refractivity contribution in [3.63, 3.8) is 0 Å². The standard InChI is InChI=1S/C17H25ClN2O3S/c1-3-13(2)19-17(21)15-7-5-9-20(11-15)24(22,23)12-14-6-4-8-16(18)10-14/h4,6,8,10,13,15H,3,5,7,9,11-12H2,1-2H3,(H,19,21). The average molecular weight is 373 g/mol. The summed E-state index contributed by atoms with van der Waals surface area (Å²) in [6.07, 6.45) is 2.29. The molecule has 134 valence electrons. The van der Waals surface area contributed by atoms with Crippen molar-refractivity contribution in [2.45, 2.75) is 44.9 Å². The molecule has 1 heterocycles. The molecule has 5 nitrogen and oxygen atoms in total. The van der Waals surface area contributed by atoms with Crippen molar-refractivity contribution in [2.24, 2.45) is 5.92 Å². The first kappa shape index (κ1) is 19.2. The van der Waals surface area contributed by atoms with Gasteiger partial charge in [0.2, 0.25) is 15.9 Å². The minimum absolute atomic E-state index is 0.0491. The molecule has 0 aromatic heterocycles. The molecule has 0 bridgehead atoms. The van der Waals surface area contributed by atoms with Gasteiger partial charge in [-0.15, -0.1) is 0 Å². The largest absolute Gasteiger partial charge is 0.353 e. The number of hydrogen-bond donors (Lipinski definition) is 1. The van der Waals surface area contributed by atoms with Gasteiger partial charge in [0.25, 0.3) is 0 Å². The number of sulfonamides is 1. The maximum absolute atomic E-state index is 12.7. The normalized spacial score (nSPS) is 20.5. The summed E-state index contributed by atoms with van der Waals surface area (Å²) >= 11 is 5.92. The lowest BCUT2D eigenvalue weighted by Gasteiger charge is -2.31. The number of hydrogen-bond acceptors (Lipinski definition) is 3. The number of carbonyl (C=O) groups is 1. The van der Waals surface area contributed by atoms with Crippen molar-refractivity contribution in [1.82, 2.24) is 9.62 Å². The zero-order chi connectivity index (χ0) is 17.7. The Balaban J connectivity index is 2.03. The first-order valence-electron chi connectivity index (χ1n) is 8.34. The highest BCUT2D eigenvalue weighted by Gasteiger charge is 2.32. The molecule has 1 N–H and O–H groups in total. The molecule has 0 saturated carbocycles. The fourth-order valence-corrected chi connectivity index (χ4v) is 4.61. The highest BCUT2D eigenvalue weighted by Crippen LogP contribution is 2.22. The molecule has 24 heavy (non-hydrogen) atoms. The minimum Gasteiger partial charge on any atom is -0.353 e. The van der Waals surface area contributed by atoms with Crippen LogP contribution in [0.5, 0.6) is 0 Å². The van der Waals surface area contributed by atoms with Gasteiger partial charge < -0.3 is 5.32 Å². The number of halogens is 1. The van der Waals surface area contributed by atoms with Crippen LogP contribution in [0.25, 0.3) is 0 Å². The molecule has 1 aromatic carbocycles.